The molecule has 2 rings (SSSR count). The van der Waals surface area contributed by atoms with Crippen molar-refractivity contribution in [2.75, 3.05) is 11.8 Å². The third-order valence-electron chi connectivity index (χ3n) is 3.00. The van der Waals surface area contributed by atoms with Gasteiger partial charge in [-0.25, -0.2) is 8.42 Å². The highest BCUT2D eigenvalue weighted by molar-refractivity contribution is 7.95. The average Bonchev–Trinajstić information content (AvgIpc) is 2.53. The van der Waals surface area contributed by atoms with Crippen LogP contribution in [0.5, 0.6) is 5.75 Å². The van der Waals surface area contributed by atoms with Crippen molar-refractivity contribution in [3.8, 4) is 5.75 Å². The third-order valence-corrected chi connectivity index (χ3v) is 4.02. The number of ether oxygens (including phenoxy) is 1. The van der Waals surface area contributed by atoms with Crippen LogP contribution in [0.1, 0.15) is 11.1 Å². The highest BCUT2D eigenvalue weighted by atomic mass is 32.2. The van der Waals surface area contributed by atoms with E-state index >= 15 is 0 Å². The zero-order valence-corrected chi connectivity index (χ0v) is 13.4. The summed E-state index contributed by atoms with van der Waals surface area (Å²) in [6.07, 6.45) is -3.38. The van der Waals surface area contributed by atoms with Crippen LogP contribution in [0.3, 0.4) is 0 Å². The van der Waals surface area contributed by atoms with Crippen molar-refractivity contribution in [2.45, 2.75) is 6.18 Å². The second kappa shape index (κ2) is 6.96. The Hall–Kier alpha value is -2.48. The largest absolute Gasteiger partial charge is 0.497 e. The predicted octanol–water partition coefficient (Wildman–Crippen LogP) is 4.13. The van der Waals surface area contributed by atoms with Crippen molar-refractivity contribution in [1.29, 1.82) is 0 Å². The lowest BCUT2D eigenvalue weighted by molar-refractivity contribution is -0.137. The molecule has 2 aromatic carbocycles. The summed E-state index contributed by atoms with van der Waals surface area (Å²) in [5.41, 5.74) is -0.403. The van der Waals surface area contributed by atoms with E-state index in [4.69, 9.17) is 4.74 Å². The van der Waals surface area contributed by atoms with E-state index in [-0.39, 0.29) is 5.56 Å². The first kappa shape index (κ1) is 17.9. The van der Waals surface area contributed by atoms with Gasteiger partial charge >= 0.3 is 6.18 Å². The molecule has 0 unspecified atom stereocenters. The summed E-state index contributed by atoms with van der Waals surface area (Å²) in [5, 5.41) is 0.812. The second-order valence-electron chi connectivity index (χ2n) is 4.80. The Morgan fingerprint density at radius 2 is 1.75 bits per heavy atom. The minimum atomic E-state index is -4.48. The summed E-state index contributed by atoms with van der Waals surface area (Å²) in [6, 6.07) is 10.6. The van der Waals surface area contributed by atoms with Crippen molar-refractivity contribution in [2.24, 2.45) is 0 Å². The number of hydrogen-bond acceptors (Lipinski definition) is 3. The molecule has 128 valence electrons. The number of methoxy groups -OCH3 is 1. The van der Waals surface area contributed by atoms with Crippen LogP contribution >= 0.6 is 0 Å². The van der Waals surface area contributed by atoms with Gasteiger partial charge in [0.15, 0.2) is 0 Å². The van der Waals surface area contributed by atoms with Crippen molar-refractivity contribution in [3.63, 3.8) is 0 Å². The molecule has 0 aliphatic carbocycles. The van der Waals surface area contributed by atoms with E-state index in [1.165, 1.54) is 31.4 Å². The first-order valence-corrected chi connectivity index (χ1v) is 8.26. The van der Waals surface area contributed by atoms with Crippen LogP contribution in [0.25, 0.3) is 6.08 Å². The fourth-order valence-electron chi connectivity index (χ4n) is 1.84. The summed E-state index contributed by atoms with van der Waals surface area (Å²) in [4.78, 5) is 0. The molecule has 0 saturated carbocycles. The van der Waals surface area contributed by atoms with E-state index in [1.54, 1.807) is 12.1 Å². The lowest BCUT2D eigenvalue weighted by Gasteiger charge is -2.07. The minimum Gasteiger partial charge on any atom is -0.497 e. The van der Waals surface area contributed by atoms with E-state index in [0.717, 1.165) is 23.6 Å². The fraction of sp³-hybridized carbons (Fsp3) is 0.125. The molecule has 0 amide bonds. The molecule has 0 aliphatic heterocycles. The van der Waals surface area contributed by atoms with Gasteiger partial charge in [0.1, 0.15) is 5.75 Å². The van der Waals surface area contributed by atoms with Gasteiger partial charge in [0, 0.05) is 5.69 Å². The van der Waals surface area contributed by atoms with Gasteiger partial charge in [0.25, 0.3) is 10.0 Å². The number of nitrogens with one attached hydrogen (secondary N) is 1. The van der Waals surface area contributed by atoms with Crippen LogP contribution in [0.4, 0.5) is 18.9 Å². The molecule has 4 nitrogen and oxygen atoms in total. The Bertz CT molecular complexity index is 828. The molecular weight excluding hydrogens is 343 g/mol. The molecule has 1 N–H and O–H groups in total. The van der Waals surface area contributed by atoms with Crippen LogP contribution in [0, 0.1) is 0 Å². The molecule has 24 heavy (non-hydrogen) atoms. The number of benzene rings is 2. The van der Waals surface area contributed by atoms with Gasteiger partial charge in [0.05, 0.1) is 18.1 Å². The molecule has 0 spiro atoms. The summed E-state index contributed by atoms with van der Waals surface area (Å²) < 4.78 is 69.0. The van der Waals surface area contributed by atoms with E-state index in [1.807, 2.05) is 0 Å². The lowest BCUT2D eigenvalue weighted by Crippen LogP contribution is -2.08. The molecule has 0 fully saturated rings. The number of sulfonamides is 1. The van der Waals surface area contributed by atoms with Crippen LogP contribution in [0.15, 0.2) is 53.9 Å². The van der Waals surface area contributed by atoms with Gasteiger partial charge in [0.2, 0.25) is 0 Å². The lowest BCUT2D eigenvalue weighted by atomic mass is 10.1. The maximum Gasteiger partial charge on any atom is 0.416 e. The van der Waals surface area contributed by atoms with Crippen molar-refractivity contribution in [3.05, 3.63) is 65.1 Å². The maximum absolute atomic E-state index is 12.6. The topological polar surface area (TPSA) is 55.4 Å². The maximum atomic E-state index is 12.6. The van der Waals surface area contributed by atoms with Crippen LogP contribution < -0.4 is 9.46 Å². The number of hydrogen-bond donors (Lipinski definition) is 1. The number of anilines is 1. The molecule has 0 aliphatic rings. The number of alkyl halides is 3. The van der Waals surface area contributed by atoms with Crippen molar-refractivity contribution in [1.82, 2.24) is 0 Å². The molecule has 0 atom stereocenters. The molecule has 8 heteroatoms. The zero-order chi connectivity index (χ0) is 17.8. The number of rotatable bonds is 5. The average molecular weight is 357 g/mol. The molecule has 0 bridgehead atoms. The van der Waals surface area contributed by atoms with Gasteiger partial charge < -0.3 is 4.74 Å². The van der Waals surface area contributed by atoms with Gasteiger partial charge in [-0.15, -0.1) is 0 Å². The predicted molar refractivity (Wildman–Crippen MR) is 86.0 cm³/mol. The smallest absolute Gasteiger partial charge is 0.416 e. The van der Waals surface area contributed by atoms with Gasteiger partial charge in [-0.3, -0.25) is 4.72 Å². The Morgan fingerprint density at radius 3 is 2.33 bits per heavy atom. The first-order chi connectivity index (χ1) is 11.2. The Morgan fingerprint density at radius 1 is 1.08 bits per heavy atom. The van der Waals surface area contributed by atoms with Crippen molar-refractivity contribution < 1.29 is 26.3 Å². The van der Waals surface area contributed by atoms with E-state index in [9.17, 15) is 21.6 Å². The fourth-order valence-corrected chi connectivity index (χ4v) is 2.71. The monoisotopic (exact) mass is 357 g/mol. The van der Waals surface area contributed by atoms with E-state index < -0.39 is 21.8 Å². The Labute approximate surface area is 137 Å². The van der Waals surface area contributed by atoms with Gasteiger partial charge in [-0.2, -0.15) is 13.2 Å². The standard InChI is InChI=1S/C16H14F3NO3S/c1-23-15-7-5-14(6-8-15)20-24(21,22)10-9-12-3-2-4-13(11-12)16(17,18)19/h2-11,20H,1H3/b10-9+. The molecule has 2 aromatic rings. The van der Waals surface area contributed by atoms with Crippen LogP contribution in [-0.4, -0.2) is 15.5 Å². The third kappa shape index (κ3) is 5.02. The van der Waals surface area contributed by atoms with Crippen LogP contribution in [0.2, 0.25) is 0 Å². The molecule has 0 aromatic heterocycles. The SMILES string of the molecule is COc1ccc(NS(=O)(=O)/C=C/c2cccc(C(F)(F)F)c2)cc1. The van der Waals surface area contributed by atoms with Gasteiger partial charge in [-0.05, 0) is 48.0 Å². The van der Waals surface area contributed by atoms with Crippen LogP contribution in [-0.2, 0) is 16.2 Å². The summed E-state index contributed by atoms with van der Waals surface area (Å²) in [5.74, 6) is 0.567. The zero-order valence-electron chi connectivity index (χ0n) is 12.5. The summed E-state index contributed by atoms with van der Waals surface area (Å²) in [6.45, 7) is 0. The Balaban J connectivity index is 2.14. The highest BCUT2D eigenvalue weighted by Crippen LogP contribution is 2.29. The quantitative estimate of drug-likeness (QED) is 0.875. The van der Waals surface area contributed by atoms with Gasteiger partial charge in [-0.1, -0.05) is 12.1 Å². The summed E-state index contributed by atoms with van der Waals surface area (Å²) in [7, 11) is -2.37. The first-order valence-electron chi connectivity index (χ1n) is 6.72. The van der Waals surface area contributed by atoms with E-state index in [0.29, 0.717) is 11.4 Å². The van der Waals surface area contributed by atoms with Crippen molar-refractivity contribution >= 4 is 21.8 Å². The Kier molecular flexibility index (Phi) is 5.18. The minimum absolute atomic E-state index is 0.130. The molecule has 0 heterocycles. The van der Waals surface area contributed by atoms with E-state index in [2.05, 4.69) is 4.72 Å². The molecule has 0 radical (unpaired) electrons. The second-order valence-corrected chi connectivity index (χ2v) is 6.37. The molecular formula is C16H14F3NO3S. The number of halogens is 3. The normalized spacial score (nSPS) is 12.3. The molecule has 0 saturated heterocycles. The summed E-state index contributed by atoms with van der Waals surface area (Å²) >= 11 is 0. The highest BCUT2D eigenvalue weighted by Gasteiger charge is 2.30.